The van der Waals surface area contributed by atoms with Crippen molar-refractivity contribution < 1.29 is 14.3 Å². The summed E-state index contributed by atoms with van der Waals surface area (Å²) in [7, 11) is 3.02. The second-order valence-corrected chi connectivity index (χ2v) is 6.10. The first-order valence-electron chi connectivity index (χ1n) is 6.80. The van der Waals surface area contributed by atoms with E-state index in [2.05, 4.69) is 10.3 Å². The molecule has 5 nitrogen and oxygen atoms in total. The van der Waals surface area contributed by atoms with Crippen molar-refractivity contribution in [2.75, 3.05) is 25.3 Å². The highest BCUT2D eigenvalue weighted by molar-refractivity contribution is 7.99. The zero-order valence-corrected chi connectivity index (χ0v) is 14.6. The van der Waals surface area contributed by atoms with Crippen molar-refractivity contribution in [3.63, 3.8) is 0 Å². The van der Waals surface area contributed by atoms with E-state index in [0.29, 0.717) is 22.2 Å². The minimum atomic E-state index is -0.167. The van der Waals surface area contributed by atoms with Gasteiger partial charge in [-0.15, -0.1) is 0 Å². The molecule has 0 spiro atoms. The van der Waals surface area contributed by atoms with E-state index in [1.54, 1.807) is 18.3 Å². The summed E-state index contributed by atoms with van der Waals surface area (Å²) in [5, 5.41) is 4.01. The summed E-state index contributed by atoms with van der Waals surface area (Å²) in [5.41, 5.74) is 1.59. The first-order chi connectivity index (χ1) is 11.0. The van der Waals surface area contributed by atoms with Crippen molar-refractivity contribution >= 4 is 35.0 Å². The Morgan fingerprint density at radius 1 is 1.26 bits per heavy atom. The van der Waals surface area contributed by atoms with Crippen molar-refractivity contribution in [1.82, 2.24) is 4.98 Å². The number of pyridine rings is 1. The molecule has 1 heterocycles. The SMILES string of the molecule is COc1cc(NC(=O)CSc2ccc(C)cn2)c(OC)cc1Cl. The highest BCUT2D eigenvalue weighted by Crippen LogP contribution is 2.35. The Morgan fingerprint density at radius 3 is 2.61 bits per heavy atom. The summed E-state index contributed by atoms with van der Waals surface area (Å²) < 4.78 is 10.4. The van der Waals surface area contributed by atoms with Crippen molar-refractivity contribution in [3.05, 3.63) is 41.0 Å². The van der Waals surface area contributed by atoms with E-state index >= 15 is 0 Å². The van der Waals surface area contributed by atoms with Crippen LogP contribution in [0.4, 0.5) is 5.69 Å². The fourth-order valence-corrected chi connectivity index (χ4v) is 2.70. The van der Waals surface area contributed by atoms with Crippen LogP contribution in [-0.4, -0.2) is 30.9 Å². The third-order valence-electron chi connectivity index (χ3n) is 2.98. The molecule has 0 aliphatic carbocycles. The Labute approximate surface area is 144 Å². The van der Waals surface area contributed by atoms with E-state index in [0.717, 1.165) is 10.6 Å². The second-order valence-electron chi connectivity index (χ2n) is 4.70. The number of anilines is 1. The third kappa shape index (κ3) is 4.77. The summed E-state index contributed by atoms with van der Waals surface area (Å²) in [6.45, 7) is 1.97. The number of thioether (sulfide) groups is 1. The van der Waals surface area contributed by atoms with Gasteiger partial charge in [0.1, 0.15) is 11.5 Å². The van der Waals surface area contributed by atoms with Crippen LogP contribution in [0, 0.1) is 6.92 Å². The normalized spacial score (nSPS) is 10.3. The van der Waals surface area contributed by atoms with Crippen molar-refractivity contribution in [2.45, 2.75) is 11.9 Å². The van der Waals surface area contributed by atoms with Crippen LogP contribution in [0.1, 0.15) is 5.56 Å². The molecular weight excluding hydrogens is 336 g/mol. The van der Waals surface area contributed by atoms with E-state index in [1.165, 1.54) is 26.0 Å². The molecule has 0 aliphatic rings. The molecule has 1 N–H and O–H groups in total. The van der Waals surface area contributed by atoms with Crippen LogP contribution < -0.4 is 14.8 Å². The average molecular weight is 353 g/mol. The number of aryl methyl sites for hydroxylation is 1. The standard InChI is InChI=1S/C16H17ClN2O3S/c1-10-4-5-16(18-8-10)23-9-15(20)19-12-7-13(21-2)11(17)6-14(12)22-3/h4-8H,9H2,1-3H3,(H,19,20). The minimum Gasteiger partial charge on any atom is -0.495 e. The quantitative estimate of drug-likeness (QED) is 0.801. The van der Waals surface area contributed by atoms with Crippen molar-refractivity contribution in [2.24, 2.45) is 0 Å². The number of hydrogen-bond donors (Lipinski definition) is 1. The molecule has 2 rings (SSSR count). The van der Waals surface area contributed by atoms with Gasteiger partial charge in [-0.05, 0) is 18.6 Å². The van der Waals surface area contributed by atoms with Gasteiger partial charge in [0.15, 0.2) is 0 Å². The molecule has 7 heteroatoms. The van der Waals surface area contributed by atoms with Crippen LogP contribution in [0.15, 0.2) is 35.5 Å². The summed E-state index contributed by atoms with van der Waals surface area (Å²) >= 11 is 7.40. The molecule has 0 fully saturated rings. The Kier molecular flexibility index (Phi) is 6.12. The third-order valence-corrected chi connectivity index (χ3v) is 4.22. The number of halogens is 1. The zero-order chi connectivity index (χ0) is 16.8. The lowest BCUT2D eigenvalue weighted by Gasteiger charge is -2.13. The van der Waals surface area contributed by atoms with Crippen LogP contribution in [0.5, 0.6) is 11.5 Å². The van der Waals surface area contributed by atoms with Crippen LogP contribution >= 0.6 is 23.4 Å². The summed E-state index contributed by atoms with van der Waals surface area (Å²) in [6, 6.07) is 7.08. The number of hydrogen-bond acceptors (Lipinski definition) is 5. The summed E-state index contributed by atoms with van der Waals surface area (Å²) in [4.78, 5) is 16.4. The molecular formula is C16H17ClN2O3S. The van der Waals surface area contributed by atoms with Crippen LogP contribution in [0.25, 0.3) is 0 Å². The first-order valence-corrected chi connectivity index (χ1v) is 8.16. The molecule has 0 radical (unpaired) electrons. The number of nitrogens with one attached hydrogen (secondary N) is 1. The molecule has 2 aromatic rings. The van der Waals surface area contributed by atoms with Crippen LogP contribution in [-0.2, 0) is 4.79 Å². The molecule has 23 heavy (non-hydrogen) atoms. The van der Waals surface area contributed by atoms with E-state index in [9.17, 15) is 4.79 Å². The molecule has 0 unspecified atom stereocenters. The monoisotopic (exact) mass is 352 g/mol. The van der Waals surface area contributed by atoms with Crippen LogP contribution in [0.3, 0.4) is 0 Å². The highest BCUT2D eigenvalue weighted by atomic mass is 35.5. The van der Waals surface area contributed by atoms with Gasteiger partial charge in [-0.25, -0.2) is 4.98 Å². The topological polar surface area (TPSA) is 60.5 Å². The number of nitrogens with zero attached hydrogens (tertiary/aromatic N) is 1. The van der Waals surface area contributed by atoms with E-state index in [4.69, 9.17) is 21.1 Å². The molecule has 1 amide bonds. The van der Waals surface area contributed by atoms with Gasteiger partial charge in [0, 0.05) is 18.3 Å². The molecule has 1 aromatic heterocycles. The van der Waals surface area contributed by atoms with E-state index < -0.39 is 0 Å². The maximum atomic E-state index is 12.1. The maximum Gasteiger partial charge on any atom is 0.234 e. The molecule has 122 valence electrons. The molecule has 0 atom stereocenters. The number of carbonyl (C=O) groups excluding carboxylic acids is 1. The van der Waals surface area contributed by atoms with Gasteiger partial charge in [-0.1, -0.05) is 29.4 Å². The fraction of sp³-hybridized carbons (Fsp3) is 0.250. The van der Waals surface area contributed by atoms with Crippen LogP contribution in [0.2, 0.25) is 5.02 Å². The van der Waals surface area contributed by atoms with Gasteiger partial charge >= 0.3 is 0 Å². The number of ether oxygens (including phenoxy) is 2. The summed E-state index contributed by atoms with van der Waals surface area (Å²) in [5.74, 6) is 1.02. The number of rotatable bonds is 6. The van der Waals surface area contributed by atoms with Gasteiger partial charge < -0.3 is 14.8 Å². The lowest BCUT2D eigenvalue weighted by molar-refractivity contribution is -0.113. The molecule has 0 aliphatic heterocycles. The van der Waals surface area contributed by atoms with Crippen molar-refractivity contribution in [1.29, 1.82) is 0 Å². The average Bonchev–Trinajstić information content (AvgIpc) is 2.55. The second kappa shape index (κ2) is 8.08. The lowest BCUT2D eigenvalue weighted by atomic mass is 10.2. The van der Waals surface area contributed by atoms with E-state index in [1.807, 2.05) is 19.1 Å². The first kappa shape index (κ1) is 17.4. The molecule has 0 saturated heterocycles. The van der Waals surface area contributed by atoms with E-state index in [-0.39, 0.29) is 11.7 Å². The molecule has 0 bridgehead atoms. The van der Waals surface area contributed by atoms with Gasteiger partial charge in [0.25, 0.3) is 0 Å². The number of methoxy groups -OCH3 is 2. The van der Waals surface area contributed by atoms with Gasteiger partial charge in [-0.2, -0.15) is 0 Å². The predicted molar refractivity (Wildman–Crippen MR) is 92.9 cm³/mol. The Morgan fingerprint density at radius 2 is 2.00 bits per heavy atom. The molecule has 1 aromatic carbocycles. The predicted octanol–water partition coefficient (Wildman–Crippen LogP) is 3.79. The summed E-state index contributed by atoms with van der Waals surface area (Å²) in [6.07, 6.45) is 1.77. The fourth-order valence-electron chi connectivity index (χ4n) is 1.82. The van der Waals surface area contributed by atoms with Gasteiger partial charge in [0.2, 0.25) is 5.91 Å². The smallest absolute Gasteiger partial charge is 0.234 e. The van der Waals surface area contributed by atoms with Crippen molar-refractivity contribution in [3.8, 4) is 11.5 Å². The number of carbonyl (C=O) groups is 1. The lowest BCUT2D eigenvalue weighted by Crippen LogP contribution is -2.15. The Balaban J connectivity index is 2.03. The number of aromatic nitrogens is 1. The van der Waals surface area contributed by atoms with Gasteiger partial charge in [-0.3, -0.25) is 4.79 Å². The maximum absolute atomic E-state index is 12.1. The number of benzene rings is 1. The highest BCUT2D eigenvalue weighted by Gasteiger charge is 2.13. The Bertz CT molecular complexity index is 692. The largest absolute Gasteiger partial charge is 0.495 e. The minimum absolute atomic E-state index is 0.167. The van der Waals surface area contributed by atoms with Gasteiger partial charge in [0.05, 0.1) is 35.7 Å². The zero-order valence-electron chi connectivity index (χ0n) is 13.1. The number of amides is 1. The molecule has 0 saturated carbocycles. The Hall–Kier alpha value is -1.92.